The first kappa shape index (κ1) is 13.6. The van der Waals surface area contributed by atoms with Crippen LogP contribution in [0.2, 0.25) is 0 Å². The maximum Gasteiger partial charge on any atom is 0.196 e. The average Bonchev–Trinajstić information content (AvgIpc) is 2.77. The van der Waals surface area contributed by atoms with E-state index < -0.39 is 5.54 Å². The Balaban J connectivity index is 2.16. The molecule has 0 saturated heterocycles. The number of nitrogens with two attached hydrogens (primary N) is 1. The molecule has 1 aliphatic rings. The van der Waals surface area contributed by atoms with E-state index in [1.165, 1.54) is 6.07 Å². The summed E-state index contributed by atoms with van der Waals surface area (Å²) in [5.74, 6) is 0.0585. The summed E-state index contributed by atoms with van der Waals surface area (Å²) >= 11 is 0. The largest absolute Gasteiger partial charge is 0.369 e. The van der Waals surface area contributed by atoms with E-state index in [0.29, 0.717) is 18.2 Å². The smallest absolute Gasteiger partial charge is 0.196 e. The first-order valence-electron chi connectivity index (χ1n) is 6.95. The molecule has 21 heavy (non-hydrogen) atoms. The number of benzene rings is 2. The molecule has 0 amide bonds. The minimum atomic E-state index is -0.475. The molecule has 4 heteroatoms. The Labute approximate surface area is 123 Å². The Morgan fingerprint density at radius 2 is 1.81 bits per heavy atom. The van der Waals surface area contributed by atoms with Gasteiger partial charge < -0.3 is 5.73 Å². The maximum absolute atomic E-state index is 14.2. The Morgan fingerprint density at radius 3 is 2.52 bits per heavy atom. The molecule has 1 heterocycles. The molecule has 0 fully saturated rings. The van der Waals surface area contributed by atoms with Crippen molar-refractivity contribution in [1.82, 2.24) is 0 Å². The number of nitrogens with zero attached hydrogens (tertiary/aromatic N) is 2. The van der Waals surface area contributed by atoms with Crippen molar-refractivity contribution in [3.8, 4) is 0 Å². The van der Waals surface area contributed by atoms with E-state index in [0.717, 1.165) is 11.1 Å². The van der Waals surface area contributed by atoms with Crippen LogP contribution in [0.3, 0.4) is 0 Å². The molecular formula is C17H18FN3. The van der Waals surface area contributed by atoms with Gasteiger partial charge in [0.2, 0.25) is 0 Å². The van der Waals surface area contributed by atoms with Crippen molar-refractivity contribution >= 4 is 11.6 Å². The first-order chi connectivity index (χ1) is 10.0. The standard InChI is InChI=1S/C17H18FN3/c1-12-7-3-4-8-13(12)17(2)11-20-16(19)21(17)15-10-6-5-9-14(15)18/h3-10H,11H2,1-2H3,(H2,19,20). The van der Waals surface area contributed by atoms with Gasteiger partial charge in [0.15, 0.2) is 5.96 Å². The van der Waals surface area contributed by atoms with Gasteiger partial charge >= 0.3 is 0 Å². The molecule has 3 rings (SSSR count). The zero-order valence-corrected chi connectivity index (χ0v) is 12.2. The SMILES string of the molecule is Cc1ccccc1C1(C)CN=C(N)N1c1ccccc1F. The molecule has 0 saturated carbocycles. The number of hydrogen-bond donors (Lipinski definition) is 1. The molecule has 0 aromatic heterocycles. The van der Waals surface area contributed by atoms with Crippen molar-refractivity contribution in [2.75, 3.05) is 11.4 Å². The third-order valence-electron chi connectivity index (χ3n) is 4.09. The van der Waals surface area contributed by atoms with E-state index in [-0.39, 0.29) is 5.82 Å². The Kier molecular flexibility index (Phi) is 3.16. The minimum absolute atomic E-state index is 0.294. The molecule has 3 nitrogen and oxygen atoms in total. The number of rotatable bonds is 2. The lowest BCUT2D eigenvalue weighted by atomic mass is 9.87. The molecule has 2 aromatic carbocycles. The van der Waals surface area contributed by atoms with E-state index in [4.69, 9.17) is 5.73 Å². The summed E-state index contributed by atoms with van der Waals surface area (Å²) in [5.41, 5.74) is 8.29. The van der Waals surface area contributed by atoms with E-state index in [2.05, 4.69) is 24.0 Å². The molecule has 1 aliphatic heterocycles. The van der Waals surface area contributed by atoms with Crippen molar-refractivity contribution in [3.05, 3.63) is 65.5 Å². The highest BCUT2D eigenvalue weighted by Gasteiger charge is 2.42. The van der Waals surface area contributed by atoms with Gasteiger partial charge in [0.1, 0.15) is 5.82 Å². The number of aryl methyl sites for hydroxylation is 1. The van der Waals surface area contributed by atoms with Gasteiger partial charge in [-0.3, -0.25) is 9.89 Å². The number of hydrogen-bond acceptors (Lipinski definition) is 3. The molecule has 0 aliphatic carbocycles. The highest BCUT2D eigenvalue weighted by atomic mass is 19.1. The van der Waals surface area contributed by atoms with Crippen LogP contribution < -0.4 is 10.6 Å². The molecule has 0 bridgehead atoms. The average molecular weight is 283 g/mol. The normalized spacial score (nSPS) is 21.5. The van der Waals surface area contributed by atoms with Crippen LogP contribution in [0.15, 0.2) is 53.5 Å². The van der Waals surface area contributed by atoms with Crippen molar-refractivity contribution in [1.29, 1.82) is 0 Å². The van der Waals surface area contributed by atoms with Gasteiger partial charge in [0, 0.05) is 0 Å². The molecule has 108 valence electrons. The quantitative estimate of drug-likeness (QED) is 0.919. The first-order valence-corrected chi connectivity index (χ1v) is 6.95. The van der Waals surface area contributed by atoms with Crippen molar-refractivity contribution < 1.29 is 4.39 Å². The Morgan fingerprint density at radius 1 is 1.14 bits per heavy atom. The second-order valence-corrected chi connectivity index (χ2v) is 5.55. The second-order valence-electron chi connectivity index (χ2n) is 5.55. The predicted molar refractivity (Wildman–Crippen MR) is 83.9 cm³/mol. The third-order valence-corrected chi connectivity index (χ3v) is 4.09. The molecule has 1 unspecified atom stereocenters. The Bertz CT molecular complexity index is 711. The molecule has 0 spiro atoms. The zero-order chi connectivity index (χ0) is 15.0. The molecule has 1 atom stereocenters. The fraction of sp³-hybridized carbons (Fsp3) is 0.235. The van der Waals surface area contributed by atoms with Gasteiger partial charge in [-0.05, 0) is 37.1 Å². The van der Waals surface area contributed by atoms with E-state index in [9.17, 15) is 4.39 Å². The van der Waals surface area contributed by atoms with Crippen LogP contribution >= 0.6 is 0 Å². The number of aliphatic imine (C=N–C) groups is 1. The van der Waals surface area contributed by atoms with Crippen LogP contribution in [0.4, 0.5) is 10.1 Å². The summed E-state index contributed by atoms with van der Waals surface area (Å²) in [6, 6.07) is 14.7. The van der Waals surface area contributed by atoms with E-state index in [1.54, 1.807) is 17.0 Å². The number of para-hydroxylation sites is 1. The molecule has 0 radical (unpaired) electrons. The molecular weight excluding hydrogens is 265 g/mol. The summed E-state index contributed by atoms with van der Waals surface area (Å²) in [5, 5.41) is 0. The molecule has 2 N–H and O–H groups in total. The second kappa shape index (κ2) is 4.88. The highest BCUT2D eigenvalue weighted by Crippen LogP contribution is 2.38. The fourth-order valence-electron chi connectivity index (χ4n) is 3.03. The topological polar surface area (TPSA) is 41.6 Å². The van der Waals surface area contributed by atoms with Crippen LogP contribution in [0.25, 0.3) is 0 Å². The van der Waals surface area contributed by atoms with Crippen LogP contribution in [-0.2, 0) is 5.54 Å². The van der Waals surface area contributed by atoms with Gasteiger partial charge in [-0.15, -0.1) is 0 Å². The summed E-state index contributed by atoms with van der Waals surface area (Å²) < 4.78 is 14.2. The Hall–Kier alpha value is -2.36. The van der Waals surface area contributed by atoms with Gasteiger partial charge in [0.05, 0.1) is 17.8 Å². The predicted octanol–water partition coefficient (Wildman–Crippen LogP) is 3.18. The van der Waals surface area contributed by atoms with Gasteiger partial charge in [-0.2, -0.15) is 0 Å². The number of guanidine groups is 1. The third kappa shape index (κ3) is 2.07. The summed E-state index contributed by atoms with van der Waals surface area (Å²) in [6.07, 6.45) is 0. The van der Waals surface area contributed by atoms with Crippen LogP contribution in [0, 0.1) is 12.7 Å². The van der Waals surface area contributed by atoms with Gasteiger partial charge in [0.25, 0.3) is 0 Å². The van der Waals surface area contributed by atoms with Crippen LogP contribution in [0.1, 0.15) is 18.1 Å². The van der Waals surface area contributed by atoms with E-state index >= 15 is 0 Å². The fourth-order valence-corrected chi connectivity index (χ4v) is 3.03. The number of halogens is 1. The van der Waals surface area contributed by atoms with Crippen molar-refractivity contribution in [2.24, 2.45) is 10.7 Å². The number of anilines is 1. The zero-order valence-electron chi connectivity index (χ0n) is 12.2. The van der Waals surface area contributed by atoms with E-state index in [1.807, 2.05) is 25.1 Å². The van der Waals surface area contributed by atoms with Crippen molar-refractivity contribution in [3.63, 3.8) is 0 Å². The lowest BCUT2D eigenvalue weighted by Gasteiger charge is -2.37. The van der Waals surface area contributed by atoms with Gasteiger partial charge in [-0.1, -0.05) is 36.4 Å². The van der Waals surface area contributed by atoms with Crippen LogP contribution in [-0.4, -0.2) is 12.5 Å². The lowest BCUT2D eigenvalue weighted by molar-refractivity contribution is 0.518. The summed E-state index contributed by atoms with van der Waals surface area (Å²) in [7, 11) is 0. The summed E-state index contributed by atoms with van der Waals surface area (Å²) in [6.45, 7) is 4.61. The van der Waals surface area contributed by atoms with Crippen LogP contribution in [0.5, 0.6) is 0 Å². The van der Waals surface area contributed by atoms with Crippen molar-refractivity contribution in [2.45, 2.75) is 19.4 Å². The molecule has 2 aromatic rings. The minimum Gasteiger partial charge on any atom is -0.369 e. The lowest BCUT2D eigenvalue weighted by Crippen LogP contribution is -2.48. The maximum atomic E-state index is 14.2. The highest BCUT2D eigenvalue weighted by molar-refractivity contribution is 5.98. The van der Waals surface area contributed by atoms with Gasteiger partial charge in [-0.25, -0.2) is 4.39 Å². The summed E-state index contributed by atoms with van der Waals surface area (Å²) in [4.78, 5) is 6.16. The monoisotopic (exact) mass is 283 g/mol.